The van der Waals surface area contributed by atoms with Crippen molar-refractivity contribution in [2.24, 2.45) is 4.99 Å². The average Bonchev–Trinajstić information content (AvgIpc) is 3.37. The highest BCUT2D eigenvalue weighted by molar-refractivity contribution is 7.89. The van der Waals surface area contributed by atoms with Crippen molar-refractivity contribution in [3.8, 4) is 0 Å². The molecule has 1 aromatic heterocycles. The van der Waals surface area contributed by atoms with Gasteiger partial charge in [0.2, 0.25) is 15.9 Å². The number of fused-ring (bicyclic) bond motifs is 2. The highest BCUT2D eigenvalue weighted by Crippen LogP contribution is 2.26. The smallest absolute Gasteiger partial charge is 0.324 e. The second-order valence-corrected chi connectivity index (χ2v) is 12.2. The van der Waals surface area contributed by atoms with Gasteiger partial charge in [-0.1, -0.05) is 48.5 Å². The fraction of sp³-hybridized carbons (Fsp3) is 0.323. The van der Waals surface area contributed by atoms with E-state index < -0.39 is 28.1 Å². The molecule has 1 aliphatic rings. The van der Waals surface area contributed by atoms with E-state index in [1.54, 1.807) is 38.3 Å². The summed E-state index contributed by atoms with van der Waals surface area (Å²) in [5, 5.41) is 8.72. The summed E-state index contributed by atoms with van der Waals surface area (Å²) >= 11 is 0. The van der Waals surface area contributed by atoms with Crippen LogP contribution in [0.5, 0.6) is 0 Å². The maximum Gasteiger partial charge on any atom is 0.324 e. The van der Waals surface area contributed by atoms with Crippen LogP contribution in [0.3, 0.4) is 0 Å². The SMILES string of the molecule is CC(C)OC(=O)C(Cc1occ2cc(CCC(=O)NC3=NCCCN3)ccc12)NS(=O)(=O)c1cccc2ccccc12. The zero-order chi connectivity index (χ0) is 29.7. The quantitative estimate of drug-likeness (QED) is 0.239. The van der Waals surface area contributed by atoms with Crippen LogP contribution in [0.25, 0.3) is 21.5 Å². The number of ether oxygens (including phenoxy) is 1. The van der Waals surface area contributed by atoms with Crippen molar-refractivity contribution in [3.05, 3.63) is 78.3 Å². The first-order chi connectivity index (χ1) is 20.2. The number of aryl methyl sites for hydroxylation is 1. The molecule has 1 amide bonds. The molecule has 4 aromatic rings. The number of nitrogens with zero attached hydrogens (tertiary/aromatic N) is 1. The highest BCUT2D eigenvalue weighted by Gasteiger charge is 2.30. The summed E-state index contributed by atoms with van der Waals surface area (Å²) in [5.74, 6) is 0.143. The largest absolute Gasteiger partial charge is 0.468 e. The minimum atomic E-state index is -4.10. The van der Waals surface area contributed by atoms with Crippen molar-refractivity contribution in [2.45, 2.75) is 56.6 Å². The maximum absolute atomic E-state index is 13.5. The first-order valence-electron chi connectivity index (χ1n) is 14.0. The van der Waals surface area contributed by atoms with Gasteiger partial charge in [-0.15, -0.1) is 0 Å². The van der Waals surface area contributed by atoms with Crippen LogP contribution in [0.15, 0.2) is 81.2 Å². The molecule has 1 aliphatic heterocycles. The Morgan fingerprint density at radius 2 is 1.86 bits per heavy atom. The lowest BCUT2D eigenvalue weighted by Crippen LogP contribution is -2.44. The number of rotatable bonds is 10. The van der Waals surface area contributed by atoms with Crippen molar-refractivity contribution >= 4 is 49.4 Å². The van der Waals surface area contributed by atoms with Crippen molar-refractivity contribution in [1.29, 1.82) is 0 Å². The number of nitrogens with one attached hydrogen (secondary N) is 3. The van der Waals surface area contributed by atoms with Gasteiger partial charge >= 0.3 is 5.97 Å². The van der Waals surface area contributed by atoms with E-state index in [1.807, 2.05) is 36.4 Å². The molecule has 1 atom stereocenters. The van der Waals surface area contributed by atoms with Gasteiger partial charge in [-0.25, -0.2) is 8.42 Å². The predicted octanol–water partition coefficient (Wildman–Crippen LogP) is 3.83. The summed E-state index contributed by atoms with van der Waals surface area (Å²) in [6.07, 6.45) is 2.84. The van der Waals surface area contributed by atoms with E-state index in [0.29, 0.717) is 30.1 Å². The van der Waals surface area contributed by atoms with Crippen LogP contribution in [0.1, 0.15) is 38.0 Å². The molecule has 42 heavy (non-hydrogen) atoms. The van der Waals surface area contributed by atoms with Gasteiger partial charge in [0.15, 0.2) is 5.96 Å². The molecule has 0 spiro atoms. The third-order valence-corrected chi connectivity index (χ3v) is 8.43. The molecule has 5 rings (SSSR count). The Labute approximate surface area is 244 Å². The zero-order valence-corrected chi connectivity index (χ0v) is 24.4. The van der Waals surface area contributed by atoms with Gasteiger partial charge in [-0.2, -0.15) is 4.72 Å². The van der Waals surface area contributed by atoms with E-state index in [-0.39, 0.29) is 23.6 Å². The Kier molecular flexibility index (Phi) is 8.89. The van der Waals surface area contributed by atoms with Gasteiger partial charge in [-0.3, -0.25) is 19.9 Å². The molecule has 220 valence electrons. The fourth-order valence-electron chi connectivity index (χ4n) is 4.90. The van der Waals surface area contributed by atoms with Crippen LogP contribution in [0.4, 0.5) is 0 Å². The van der Waals surface area contributed by atoms with Gasteiger partial charge in [0.25, 0.3) is 0 Å². The number of carbonyl (C=O) groups is 2. The van der Waals surface area contributed by atoms with E-state index in [2.05, 4.69) is 20.3 Å². The lowest BCUT2D eigenvalue weighted by Gasteiger charge is -2.19. The lowest BCUT2D eigenvalue weighted by molar-refractivity contribution is -0.149. The van der Waals surface area contributed by atoms with Crippen LogP contribution in [0, 0.1) is 0 Å². The third kappa shape index (κ3) is 6.97. The summed E-state index contributed by atoms with van der Waals surface area (Å²) in [6, 6.07) is 16.6. The highest BCUT2D eigenvalue weighted by atomic mass is 32.2. The van der Waals surface area contributed by atoms with Crippen LogP contribution >= 0.6 is 0 Å². The van der Waals surface area contributed by atoms with Crippen molar-refractivity contribution in [2.75, 3.05) is 13.1 Å². The Balaban J connectivity index is 1.33. The van der Waals surface area contributed by atoms with Crippen LogP contribution in [-0.4, -0.2) is 51.5 Å². The molecular formula is C31H34N4O6S. The normalized spacial score (nSPS) is 14.4. The Morgan fingerprint density at radius 1 is 1.05 bits per heavy atom. The van der Waals surface area contributed by atoms with Crippen LogP contribution in [-0.2, 0) is 37.2 Å². The van der Waals surface area contributed by atoms with Gasteiger partial charge in [-0.05, 0) is 49.8 Å². The first-order valence-corrected chi connectivity index (χ1v) is 15.5. The molecule has 3 aromatic carbocycles. The number of aliphatic imine (C=N–C) groups is 1. The Bertz CT molecular complexity index is 1740. The van der Waals surface area contributed by atoms with E-state index >= 15 is 0 Å². The topological polar surface area (TPSA) is 139 Å². The zero-order valence-electron chi connectivity index (χ0n) is 23.6. The molecule has 11 heteroatoms. The van der Waals surface area contributed by atoms with E-state index in [9.17, 15) is 18.0 Å². The molecule has 2 heterocycles. The fourth-order valence-corrected chi connectivity index (χ4v) is 6.31. The minimum absolute atomic E-state index is 0.0457. The second kappa shape index (κ2) is 12.7. The Morgan fingerprint density at radius 3 is 2.64 bits per heavy atom. The number of amides is 1. The van der Waals surface area contributed by atoms with Crippen LogP contribution in [0.2, 0.25) is 0 Å². The summed E-state index contributed by atoms with van der Waals surface area (Å²) in [6.45, 7) is 4.90. The first kappa shape index (κ1) is 29.3. The molecule has 0 fully saturated rings. The minimum Gasteiger partial charge on any atom is -0.468 e. The molecule has 10 nitrogen and oxygen atoms in total. The third-order valence-electron chi connectivity index (χ3n) is 6.90. The molecule has 0 saturated carbocycles. The second-order valence-electron chi connectivity index (χ2n) is 10.5. The van der Waals surface area contributed by atoms with Gasteiger partial charge in [0.05, 0.1) is 17.3 Å². The molecule has 0 bridgehead atoms. The number of furan rings is 1. The average molecular weight is 591 g/mol. The van der Waals surface area contributed by atoms with E-state index in [1.165, 1.54) is 6.07 Å². The van der Waals surface area contributed by atoms with E-state index in [0.717, 1.165) is 34.7 Å². The number of carbonyl (C=O) groups excluding carboxylic acids is 2. The predicted molar refractivity (Wildman–Crippen MR) is 161 cm³/mol. The number of hydrogen-bond donors (Lipinski definition) is 3. The monoisotopic (exact) mass is 590 g/mol. The van der Waals surface area contributed by atoms with Gasteiger partial charge < -0.3 is 14.5 Å². The van der Waals surface area contributed by atoms with Crippen molar-refractivity contribution in [1.82, 2.24) is 15.4 Å². The maximum atomic E-state index is 13.5. The Hall–Kier alpha value is -4.22. The number of sulfonamides is 1. The number of esters is 1. The van der Waals surface area contributed by atoms with E-state index in [4.69, 9.17) is 9.15 Å². The van der Waals surface area contributed by atoms with Crippen molar-refractivity contribution in [3.63, 3.8) is 0 Å². The lowest BCUT2D eigenvalue weighted by atomic mass is 10.0. The summed E-state index contributed by atoms with van der Waals surface area (Å²) in [7, 11) is -4.10. The summed E-state index contributed by atoms with van der Waals surface area (Å²) in [5.41, 5.74) is 0.941. The summed E-state index contributed by atoms with van der Waals surface area (Å²) < 4.78 is 40.9. The molecule has 3 N–H and O–H groups in total. The molecule has 0 radical (unpaired) electrons. The number of hydrogen-bond acceptors (Lipinski definition) is 8. The number of benzene rings is 3. The molecule has 0 aliphatic carbocycles. The summed E-state index contributed by atoms with van der Waals surface area (Å²) in [4.78, 5) is 29.8. The number of guanidine groups is 1. The van der Waals surface area contributed by atoms with Gasteiger partial charge in [0, 0.05) is 42.1 Å². The van der Waals surface area contributed by atoms with Gasteiger partial charge in [0.1, 0.15) is 11.8 Å². The molecular weight excluding hydrogens is 556 g/mol. The molecule has 1 unspecified atom stereocenters. The standard InChI is InChI=1S/C31H34N4O6S/c1-20(2)41-30(37)26(35-42(38,39)28-10-5-8-22-7-3-4-9-25(22)28)18-27-24-13-11-21(17-23(24)19-40-27)12-14-29(36)34-31-32-15-6-16-33-31/h3-5,7-11,13,17,19-20,26,35H,6,12,14-16,18H2,1-2H3,(H2,32,33,34,36). The van der Waals surface area contributed by atoms with Crippen molar-refractivity contribution < 1.29 is 27.2 Å². The molecule has 0 saturated heterocycles. The van der Waals surface area contributed by atoms with Crippen LogP contribution < -0.4 is 15.4 Å².